The van der Waals surface area contributed by atoms with Crippen molar-refractivity contribution in [3.8, 4) is 0 Å². The van der Waals surface area contributed by atoms with Gasteiger partial charge in [-0.05, 0) is 12.1 Å². The number of hydrogen-bond donors (Lipinski definition) is 1. The van der Waals surface area contributed by atoms with Gasteiger partial charge in [0.1, 0.15) is 7.11 Å². The van der Waals surface area contributed by atoms with Crippen LogP contribution in [0, 0.1) is 0 Å². The number of oxime groups is 1. The zero-order valence-electron chi connectivity index (χ0n) is 9.34. The van der Waals surface area contributed by atoms with Crippen LogP contribution in [0.5, 0.6) is 0 Å². The zero-order chi connectivity index (χ0) is 11.7. The number of aromatic amines is 1. The summed E-state index contributed by atoms with van der Waals surface area (Å²) >= 11 is 0. The predicted molar refractivity (Wildman–Crippen MR) is 68.2 cm³/mol. The lowest BCUT2D eigenvalue weighted by atomic mass is 10.2. The molecule has 0 atom stereocenters. The molecule has 0 saturated heterocycles. The molecule has 1 aromatic carbocycles. The summed E-state index contributed by atoms with van der Waals surface area (Å²) in [5, 5.41) is 6.05. The molecular formula is C13H11N3O. The Morgan fingerprint density at radius 3 is 3.00 bits per heavy atom. The number of rotatable bonds is 2. The minimum atomic E-state index is 0.782. The lowest BCUT2D eigenvalue weighted by Crippen LogP contribution is -1.86. The first-order valence-corrected chi connectivity index (χ1v) is 5.31. The fraction of sp³-hybridized carbons (Fsp3) is 0.0769. The van der Waals surface area contributed by atoms with E-state index in [1.165, 1.54) is 12.5 Å². The van der Waals surface area contributed by atoms with E-state index in [4.69, 9.17) is 0 Å². The topological polar surface area (TPSA) is 50.3 Å². The normalized spacial score (nSPS) is 11.6. The van der Waals surface area contributed by atoms with Crippen molar-refractivity contribution in [2.75, 3.05) is 7.11 Å². The largest absolute Gasteiger partial charge is 0.399 e. The van der Waals surface area contributed by atoms with Crippen molar-refractivity contribution in [3.05, 3.63) is 42.2 Å². The highest BCUT2D eigenvalue weighted by Gasteiger charge is 2.04. The summed E-state index contributed by atoms with van der Waals surface area (Å²) in [6, 6.07) is 10.2. The number of hydrogen-bond acceptors (Lipinski definition) is 3. The van der Waals surface area contributed by atoms with Crippen LogP contribution in [-0.4, -0.2) is 23.3 Å². The van der Waals surface area contributed by atoms with E-state index in [9.17, 15) is 0 Å². The molecule has 0 unspecified atom stereocenters. The van der Waals surface area contributed by atoms with E-state index in [2.05, 4.69) is 32.1 Å². The van der Waals surface area contributed by atoms with Crippen molar-refractivity contribution in [3.63, 3.8) is 0 Å². The molecule has 4 heteroatoms. The van der Waals surface area contributed by atoms with Crippen molar-refractivity contribution in [2.45, 2.75) is 0 Å². The van der Waals surface area contributed by atoms with E-state index >= 15 is 0 Å². The first kappa shape index (κ1) is 9.84. The summed E-state index contributed by atoms with van der Waals surface area (Å²) in [6.45, 7) is 0. The van der Waals surface area contributed by atoms with E-state index in [-0.39, 0.29) is 0 Å². The standard InChI is InChI=1S/C13H11N3O/c1-17-15-7-9-6-11-10-4-2-3-5-12(10)16-13(11)8-14-9/h2-8,16H,1H3/b15-7+. The second kappa shape index (κ2) is 3.90. The number of benzene rings is 1. The molecule has 0 radical (unpaired) electrons. The van der Waals surface area contributed by atoms with E-state index in [0.717, 1.165) is 22.1 Å². The van der Waals surface area contributed by atoms with Crippen LogP contribution in [0.1, 0.15) is 5.69 Å². The fourth-order valence-electron chi connectivity index (χ4n) is 1.94. The van der Waals surface area contributed by atoms with Crippen molar-refractivity contribution in [2.24, 2.45) is 5.16 Å². The van der Waals surface area contributed by atoms with Crippen LogP contribution in [0.15, 0.2) is 41.7 Å². The summed E-state index contributed by atoms with van der Waals surface area (Å²) in [5.41, 5.74) is 2.93. The third-order valence-corrected chi connectivity index (χ3v) is 2.70. The SMILES string of the molecule is CO/N=C/c1cc2c(cn1)[nH]c1ccccc12. The van der Waals surface area contributed by atoms with Crippen molar-refractivity contribution in [1.82, 2.24) is 9.97 Å². The number of nitrogens with zero attached hydrogens (tertiary/aromatic N) is 2. The van der Waals surface area contributed by atoms with E-state index in [0.29, 0.717) is 0 Å². The molecule has 0 amide bonds. The van der Waals surface area contributed by atoms with E-state index in [1.54, 1.807) is 6.21 Å². The summed E-state index contributed by atoms with van der Waals surface area (Å²) in [6.07, 6.45) is 3.41. The van der Waals surface area contributed by atoms with Gasteiger partial charge in [-0.25, -0.2) is 0 Å². The molecular weight excluding hydrogens is 214 g/mol. The highest BCUT2D eigenvalue weighted by Crippen LogP contribution is 2.24. The average molecular weight is 225 g/mol. The first-order chi connectivity index (χ1) is 8.38. The van der Waals surface area contributed by atoms with Gasteiger partial charge in [-0.1, -0.05) is 23.4 Å². The molecule has 2 aromatic heterocycles. The van der Waals surface area contributed by atoms with E-state index < -0.39 is 0 Å². The van der Waals surface area contributed by atoms with Gasteiger partial charge in [0.05, 0.1) is 23.6 Å². The average Bonchev–Trinajstić information content (AvgIpc) is 2.74. The van der Waals surface area contributed by atoms with Crippen LogP contribution in [0.25, 0.3) is 21.8 Å². The quantitative estimate of drug-likeness (QED) is 0.538. The molecule has 84 valence electrons. The Balaban J connectivity index is 2.26. The molecule has 0 spiro atoms. The van der Waals surface area contributed by atoms with Crippen LogP contribution in [0.3, 0.4) is 0 Å². The second-order valence-corrected chi connectivity index (χ2v) is 3.74. The maximum Gasteiger partial charge on any atom is 0.106 e. The summed E-state index contributed by atoms with van der Waals surface area (Å²) < 4.78 is 0. The number of aromatic nitrogens is 2. The molecule has 3 rings (SSSR count). The number of pyridine rings is 1. The fourth-order valence-corrected chi connectivity index (χ4v) is 1.94. The second-order valence-electron chi connectivity index (χ2n) is 3.74. The minimum Gasteiger partial charge on any atom is -0.399 e. The van der Waals surface area contributed by atoms with E-state index in [1.807, 2.05) is 24.4 Å². The van der Waals surface area contributed by atoms with Crippen LogP contribution in [0.2, 0.25) is 0 Å². The number of nitrogens with one attached hydrogen (secondary N) is 1. The van der Waals surface area contributed by atoms with Gasteiger partial charge in [0.15, 0.2) is 0 Å². The molecule has 2 heterocycles. The lowest BCUT2D eigenvalue weighted by Gasteiger charge is -1.93. The van der Waals surface area contributed by atoms with Gasteiger partial charge in [-0.2, -0.15) is 0 Å². The Morgan fingerprint density at radius 2 is 2.12 bits per heavy atom. The zero-order valence-corrected chi connectivity index (χ0v) is 9.34. The Hall–Kier alpha value is -2.36. The van der Waals surface area contributed by atoms with Gasteiger partial charge in [-0.3, -0.25) is 4.98 Å². The number of H-pyrrole nitrogens is 1. The number of fused-ring (bicyclic) bond motifs is 3. The lowest BCUT2D eigenvalue weighted by molar-refractivity contribution is 0.215. The van der Waals surface area contributed by atoms with Crippen LogP contribution in [0.4, 0.5) is 0 Å². The van der Waals surface area contributed by atoms with Crippen LogP contribution in [-0.2, 0) is 4.84 Å². The predicted octanol–water partition coefficient (Wildman–Crippen LogP) is 2.70. The summed E-state index contributed by atoms with van der Waals surface area (Å²) in [7, 11) is 1.51. The molecule has 0 aliphatic heterocycles. The smallest absolute Gasteiger partial charge is 0.106 e. The maximum atomic E-state index is 4.65. The molecule has 0 aliphatic rings. The number of para-hydroxylation sites is 1. The third-order valence-electron chi connectivity index (χ3n) is 2.70. The highest BCUT2D eigenvalue weighted by atomic mass is 16.6. The molecule has 17 heavy (non-hydrogen) atoms. The Kier molecular flexibility index (Phi) is 2.26. The molecule has 0 fully saturated rings. The molecule has 0 bridgehead atoms. The van der Waals surface area contributed by atoms with Crippen molar-refractivity contribution in [1.29, 1.82) is 0 Å². The molecule has 1 N–H and O–H groups in total. The van der Waals surface area contributed by atoms with Gasteiger partial charge in [-0.15, -0.1) is 0 Å². The monoisotopic (exact) mass is 225 g/mol. The van der Waals surface area contributed by atoms with Gasteiger partial charge in [0, 0.05) is 16.3 Å². The third kappa shape index (κ3) is 1.63. The molecule has 0 saturated carbocycles. The Bertz CT molecular complexity index is 700. The van der Waals surface area contributed by atoms with Gasteiger partial charge in [0.25, 0.3) is 0 Å². The Morgan fingerprint density at radius 1 is 1.24 bits per heavy atom. The van der Waals surface area contributed by atoms with Gasteiger partial charge < -0.3 is 9.82 Å². The summed E-state index contributed by atoms with van der Waals surface area (Å²) in [5.74, 6) is 0. The Labute approximate surface area is 97.9 Å². The highest BCUT2D eigenvalue weighted by molar-refractivity contribution is 6.07. The first-order valence-electron chi connectivity index (χ1n) is 5.31. The molecule has 3 aromatic rings. The molecule has 0 aliphatic carbocycles. The van der Waals surface area contributed by atoms with Crippen LogP contribution >= 0.6 is 0 Å². The van der Waals surface area contributed by atoms with Gasteiger partial charge >= 0.3 is 0 Å². The van der Waals surface area contributed by atoms with Crippen molar-refractivity contribution >= 4 is 28.0 Å². The van der Waals surface area contributed by atoms with Crippen LogP contribution < -0.4 is 0 Å². The minimum absolute atomic E-state index is 0.782. The summed E-state index contributed by atoms with van der Waals surface area (Å²) in [4.78, 5) is 12.3. The maximum absolute atomic E-state index is 4.65. The molecule has 4 nitrogen and oxygen atoms in total. The van der Waals surface area contributed by atoms with Crippen molar-refractivity contribution < 1.29 is 4.84 Å². The van der Waals surface area contributed by atoms with Gasteiger partial charge in [0.2, 0.25) is 0 Å².